The van der Waals surface area contributed by atoms with Crippen LogP contribution in [0, 0.1) is 0 Å². The van der Waals surface area contributed by atoms with Gasteiger partial charge in [0, 0.05) is 19.9 Å². The minimum absolute atomic E-state index is 0.00263. The van der Waals surface area contributed by atoms with Crippen molar-refractivity contribution in [3.63, 3.8) is 0 Å². The minimum atomic E-state index is -2.48. The molecule has 1 aliphatic heterocycles. The van der Waals surface area contributed by atoms with Crippen molar-refractivity contribution in [1.82, 2.24) is 0 Å². The molecule has 0 aromatic rings. The van der Waals surface area contributed by atoms with Gasteiger partial charge in [0.05, 0.1) is 12.7 Å². The van der Waals surface area contributed by atoms with Crippen molar-refractivity contribution in [1.29, 1.82) is 0 Å². The Hall–Kier alpha value is 0.110. The molecule has 1 saturated heterocycles. The molecule has 0 aliphatic carbocycles. The van der Waals surface area contributed by atoms with Crippen molar-refractivity contribution in [3.8, 4) is 0 Å². The summed E-state index contributed by atoms with van der Waals surface area (Å²) in [6.45, 7) is 3.46. The summed E-state index contributed by atoms with van der Waals surface area (Å²) in [5.74, 6) is 0. The van der Waals surface area contributed by atoms with E-state index in [1.165, 1.54) is 0 Å². The lowest BCUT2D eigenvalue weighted by Gasteiger charge is -2.13. The van der Waals surface area contributed by atoms with Gasteiger partial charge in [0.15, 0.2) is 0 Å². The van der Waals surface area contributed by atoms with Gasteiger partial charge in [-0.05, 0) is 12.8 Å². The van der Waals surface area contributed by atoms with Crippen molar-refractivity contribution in [3.05, 3.63) is 0 Å². The van der Waals surface area contributed by atoms with Crippen LogP contribution in [0.3, 0.4) is 0 Å². The van der Waals surface area contributed by atoms with Gasteiger partial charge >= 0.3 is 0 Å². The average molecular weight is 236 g/mol. The fourth-order valence-corrected chi connectivity index (χ4v) is 3.66. The second-order valence-corrected chi connectivity index (χ2v) is 6.45. The highest BCUT2D eigenvalue weighted by Gasteiger charge is 2.35. The SMILES string of the molecule is CCCCOCC1CCP(=O)(COC)O1. The Balaban J connectivity index is 2.16. The molecule has 0 bridgehead atoms. The van der Waals surface area contributed by atoms with Crippen LogP contribution in [0.1, 0.15) is 26.2 Å². The van der Waals surface area contributed by atoms with Crippen LogP contribution in [0.4, 0.5) is 0 Å². The van der Waals surface area contributed by atoms with E-state index in [0.717, 1.165) is 25.9 Å². The topological polar surface area (TPSA) is 44.8 Å². The van der Waals surface area contributed by atoms with Crippen molar-refractivity contribution in [2.45, 2.75) is 32.3 Å². The molecule has 5 heteroatoms. The van der Waals surface area contributed by atoms with Crippen molar-refractivity contribution < 1.29 is 18.6 Å². The minimum Gasteiger partial charge on any atom is -0.379 e. The maximum atomic E-state index is 11.9. The lowest BCUT2D eigenvalue weighted by molar-refractivity contribution is 0.0568. The summed E-state index contributed by atoms with van der Waals surface area (Å²) in [6.07, 6.45) is 3.90. The van der Waals surface area contributed by atoms with E-state index in [1.807, 2.05) is 0 Å². The van der Waals surface area contributed by atoms with E-state index in [0.29, 0.717) is 12.8 Å². The third kappa shape index (κ3) is 4.64. The molecule has 0 N–H and O–H groups in total. The number of rotatable bonds is 7. The molecule has 1 fully saturated rings. The van der Waals surface area contributed by atoms with Gasteiger partial charge in [-0.1, -0.05) is 13.3 Å². The van der Waals surface area contributed by atoms with Gasteiger partial charge in [-0.2, -0.15) is 0 Å². The van der Waals surface area contributed by atoms with Crippen LogP contribution in [0.5, 0.6) is 0 Å². The Kier molecular flexibility index (Phi) is 5.83. The Bertz CT molecular complexity index is 219. The predicted octanol–water partition coefficient (Wildman–Crippen LogP) is 2.47. The van der Waals surface area contributed by atoms with Gasteiger partial charge in [0.25, 0.3) is 0 Å². The van der Waals surface area contributed by atoms with Crippen LogP contribution < -0.4 is 0 Å². The third-order valence-electron chi connectivity index (χ3n) is 2.40. The maximum absolute atomic E-state index is 11.9. The molecule has 1 heterocycles. The van der Waals surface area contributed by atoms with Crippen LogP contribution >= 0.6 is 7.37 Å². The normalized spacial score (nSPS) is 30.9. The Morgan fingerprint density at radius 1 is 1.53 bits per heavy atom. The first-order valence-corrected chi connectivity index (χ1v) is 7.53. The number of hydrogen-bond donors (Lipinski definition) is 0. The van der Waals surface area contributed by atoms with Gasteiger partial charge in [0.2, 0.25) is 7.37 Å². The molecule has 2 atom stereocenters. The fourth-order valence-electron chi connectivity index (χ4n) is 1.58. The molecule has 0 saturated carbocycles. The largest absolute Gasteiger partial charge is 0.379 e. The smallest absolute Gasteiger partial charge is 0.228 e. The summed E-state index contributed by atoms with van der Waals surface area (Å²) >= 11 is 0. The van der Waals surface area contributed by atoms with Crippen LogP contribution in [-0.4, -0.2) is 38.9 Å². The zero-order valence-electron chi connectivity index (χ0n) is 9.61. The Morgan fingerprint density at radius 3 is 3.00 bits per heavy atom. The second-order valence-electron chi connectivity index (χ2n) is 3.90. The third-order valence-corrected chi connectivity index (χ3v) is 4.68. The molecule has 4 nitrogen and oxygen atoms in total. The first-order valence-electron chi connectivity index (χ1n) is 5.53. The van der Waals surface area contributed by atoms with Crippen molar-refractivity contribution in [2.24, 2.45) is 0 Å². The lowest BCUT2D eigenvalue weighted by Crippen LogP contribution is -2.14. The predicted molar refractivity (Wildman–Crippen MR) is 59.6 cm³/mol. The number of ether oxygens (including phenoxy) is 2. The van der Waals surface area contributed by atoms with Gasteiger partial charge in [-0.15, -0.1) is 0 Å². The fraction of sp³-hybridized carbons (Fsp3) is 1.00. The highest BCUT2D eigenvalue weighted by Crippen LogP contribution is 2.53. The molecule has 15 heavy (non-hydrogen) atoms. The number of unbranched alkanes of at least 4 members (excludes halogenated alkanes) is 1. The van der Waals surface area contributed by atoms with Crippen LogP contribution in [0.15, 0.2) is 0 Å². The quantitative estimate of drug-likeness (QED) is 0.503. The van der Waals surface area contributed by atoms with Crippen LogP contribution in [0.2, 0.25) is 0 Å². The Labute approximate surface area is 91.7 Å². The monoisotopic (exact) mass is 236 g/mol. The summed E-state index contributed by atoms with van der Waals surface area (Å²) in [7, 11) is -0.934. The molecule has 0 amide bonds. The van der Waals surface area contributed by atoms with Gasteiger partial charge in [-0.25, -0.2) is 0 Å². The van der Waals surface area contributed by atoms with Crippen molar-refractivity contribution in [2.75, 3.05) is 32.8 Å². The molecule has 0 aromatic carbocycles. The maximum Gasteiger partial charge on any atom is 0.228 e. The zero-order valence-corrected chi connectivity index (χ0v) is 10.5. The first-order chi connectivity index (χ1) is 7.20. The molecule has 0 spiro atoms. The number of methoxy groups -OCH3 is 1. The van der Waals surface area contributed by atoms with Gasteiger partial charge in [0.1, 0.15) is 6.35 Å². The van der Waals surface area contributed by atoms with E-state index in [-0.39, 0.29) is 12.5 Å². The van der Waals surface area contributed by atoms with E-state index >= 15 is 0 Å². The highest BCUT2D eigenvalue weighted by atomic mass is 31.2. The number of hydrogen-bond acceptors (Lipinski definition) is 4. The summed E-state index contributed by atoms with van der Waals surface area (Å²) in [4.78, 5) is 0. The molecule has 1 aliphatic rings. The lowest BCUT2D eigenvalue weighted by atomic mass is 10.3. The molecule has 0 radical (unpaired) electrons. The van der Waals surface area contributed by atoms with E-state index in [4.69, 9.17) is 14.0 Å². The standard InChI is InChI=1S/C10H21O4P/c1-3-4-6-13-8-10-5-7-15(11,14-10)9-12-2/h10H,3-9H2,1-2H3. The van der Waals surface area contributed by atoms with Crippen LogP contribution in [-0.2, 0) is 18.6 Å². The summed E-state index contributed by atoms with van der Waals surface area (Å²) in [5.41, 5.74) is 0. The van der Waals surface area contributed by atoms with Gasteiger partial charge in [-0.3, -0.25) is 4.57 Å². The first kappa shape index (κ1) is 13.2. The molecule has 2 unspecified atom stereocenters. The van der Waals surface area contributed by atoms with Crippen LogP contribution in [0.25, 0.3) is 0 Å². The molecule has 0 aromatic heterocycles. The Morgan fingerprint density at radius 2 is 2.33 bits per heavy atom. The molecular formula is C10H21O4P. The highest BCUT2D eigenvalue weighted by molar-refractivity contribution is 7.59. The average Bonchev–Trinajstić information content (AvgIpc) is 2.56. The van der Waals surface area contributed by atoms with Gasteiger partial charge < -0.3 is 14.0 Å². The molecule has 1 rings (SSSR count). The zero-order chi connectivity index (χ0) is 11.1. The summed E-state index contributed by atoms with van der Waals surface area (Å²) in [6, 6.07) is 0. The van der Waals surface area contributed by atoms with Crippen molar-refractivity contribution >= 4 is 7.37 Å². The van der Waals surface area contributed by atoms with E-state index in [9.17, 15) is 4.57 Å². The van der Waals surface area contributed by atoms with E-state index < -0.39 is 7.37 Å². The molecule has 90 valence electrons. The summed E-state index contributed by atoms with van der Waals surface area (Å²) < 4.78 is 27.7. The van der Waals surface area contributed by atoms with E-state index in [2.05, 4.69) is 6.92 Å². The summed E-state index contributed by atoms with van der Waals surface area (Å²) in [5, 5.41) is 0. The van der Waals surface area contributed by atoms with E-state index in [1.54, 1.807) is 7.11 Å². The molecular weight excluding hydrogens is 215 g/mol. The second kappa shape index (κ2) is 6.64.